The lowest BCUT2D eigenvalue weighted by Crippen LogP contribution is -2.01. The summed E-state index contributed by atoms with van der Waals surface area (Å²) in [4.78, 5) is 14.2. The molecular formula is C25H26Cl2O2S. The topological polar surface area (TPSA) is 26.3 Å². The van der Waals surface area contributed by atoms with Crippen LogP contribution >= 0.6 is 34.5 Å². The van der Waals surface area contributed by atoms with Crippen LogP contribution in [0.2, 0.25) is 10.0 Å². The molecule has 2 nitrogen and oxygen atoms in total. The van der Waals surface area contributed by atoms with Gasteiger partial charge in [-0.25, -0.2) is 4.79 Å². The molecule has 1 aromatic heterocycles. The summed E-state index contributed by atoms with van der Waals surface area (Å²) in [6.07, 6.45) is 0. The van der Waals surface area contributed by atoms with Crippen molar-refractivity contribution < 1.29 is 9.53 Å². The zero-order chi connectivity index (χ0) is 22.0. The average molecular weight is 461 g/mol. The van der Waals surface area contributed by atoms with Crippen LogP contribution in [0.15, 0.2) is 42.5 Å². The molecule has 0 bridgehead atoms. The molecular weight excluding hydrogens is 435 g/mol. The van der Waals surface area contributed by atoms with E-state index >= 15 is 0 Å². The van der Waals surface area contributed by atoms with Crippen LogP contribution in [-0.2, 0) is 4.74 Å². The van der Waals surface area contributed by atoms with Gasteiger partial charge in [-0.1, -0.05) is 63.0 Å². The summed E-state index contributed by atoms with van der Waals surface area (Å²) in [5.74, 6) is 0.275. The van der Waals surface area contributed by atoms with Gasteiger partial charge in [0.05, 0.1) is 6.61 Å². The Morgan fingerprint density at radius 1 is 0.867 bits per heavy atom. The van der Waals surface area contributed by atoms with E-state index in [-0.39, 0.29) is 17.8 Å². The molecule has 30 heavy (non-hydrogen) atoms. The Kier molecular flexibility index (Phi) is 7.28. The second kappa shape index (κ2) is 9.55. The average Bonchev–Trinajstić information content (AvgIpc) is 3.13. The normalized spacial score (nSPS) is 11.4. The molecule has 5 heteroatoms. The molecule has 0 spiro atoms. The third kappa shape index (κ3) is 4.74. The zero-order valence-electron chi connectivity index (χ0n) is 17.9. The van der Waals surface area contributed by atoms with Gasteiger partial charge in [-0.3, -0.25) is 0 Å². The van der Waals surface area contributed by atoms with Crippen molar-refractivity contribution in [2.24, 2.45) is 0 Å². The van der Waals surface area contributed by atoms with E-state index in [0.29, 0.717) is 21.5 Å². The number of thiophene rings is 1. The van der Waals surface area contributed by atoms with Gasteiger partial charge in [0.15, 0.2) is 0 Å². The molecule has 3 rings (SSSR count). The van der Waals surface area contributed by atoms with E-state index in [0.717, 1.165) is 32.7 Å². The maximum atomic E-state index is 12.6. The summed E-state index contributed by atoms with van der Waals surface area (Å²) in [6, 6.07) is 13.9. The highest BCUT2D eigenvalue weighted by Crippen LogP contribution is 2.45. The SMILES string of the molecule is CCOC(=O)c1cc(-c2ccc(Cl)cc2C(C)C)c(-c2ccc(Cl)cc2C(C)C)s1. The molecule has 0 fully saturated rings. The molecule has 0 aliphatic carbocycles. The van der Waals surface area contributed by atoms with Gasteiger partial charge in [-0.2, -0.15) is 0 Å². The van der Waals surface area contributed by atoms with E-state index < -0.39 is 0 Å². The van der Waals surface area contributed by atoms with Crippen molar-refractivity contribution >= 4 is 40.5 Å². The number of benzene rings is 2. The number of hydrogen-bond acceptors (Lipinski definition) is 3. The van der Waals surface area contributed by atoms with Gasteiger partial charge in [-0.15, -0.1) is 11.3 Å². The molecule has 0 aliphatic heterocycles. The molecule has 0 unspecified atom stereocenters. The third-order valence-electron chi connectivity index (χ3n) is 5.01. The predicted molar refractivity (Wildman–Crippen MR) is 129 cm³/mol. The Morgan fingerprint density at radius 2 is 1.40 bits per heavy atom. The van der Waals surface area contributed by atoms with Gasteiger partial charge < -0.3 is 4.74 Å². The monoisotopic (exact) mass is 460 g/mol. The molecule has 158 valence electrons. The number of esters is 1. The Balaban J connectivity index is 2.31. The van der Waals surface area contributed by atoms with Crippen LogP contribution in [0, 0.1) is 0 Å². The van der Waals surface area contributed by atoms with E-state index in [1.165, 1.54) is 11.3 Å². The lowest BCUT2D eigenvalue weighted by molar-refractivity contribution is 0.0532. The fraction of sp³-hybridized carbons (Fsp3) is 0.320. The first-order valence-electron chi connectivity index (χ1n) is 10.1. The summed E-state index contributed by atoms with van der Waals surface area (Å²) in [6.45, 7) is 10.8. The molecule has 0 saturated heterocycles. The quantitative estimate of drug-likeness (QED) is 0.343. The largest absolute Gasteiger partial charge is 0.462 e. The van der Waals surface area contributed by atoms with Gasteiger partial charge in [-0.05, 0) is 71.3 Å². The Morgan fingerprint density at radius 3 is 1.93 bits per heavy atom. The second-order valence-electron chi connectivity index (χ2n) is 7.85. The van der Waals surface area contributed by atoms with Crippen molar-refractivity contribution in [2.75, 3.05) is 6.61 Å². The van der Waals surface area contributed by atoms with Crippen molar-refractivity contribution in [3.8, 4) is 21.6 Å². The summed E-state index contributed by atoms with van der Waals surface area (Å²) in [7, 11) is 0. The van der Waals surface area contributed by atoms with Crippen LogP contribution in [0.1, 0.15) is 67.3 Å². The van der Waals surface area contributed by atoms with Crippen LogP contribution in [0.5, 0.6) is 0 Å². The third-order valence-corrected chi connectivity index (χ3v) is 6.63. The number of carbonyl (C=O) groups is 1. The van der Waals surface area contributed by atoms with Gasteiger partial charge in [0, 0.05) is 20.5 Å². The maximum Gasteiger partial charge on any atom is 0.348 e. The smallest absolute Gasteiger partial charge is 0.348 e. The van der Waals surface area contributed by atoms with Crippen molar-refractivity contribution in [1.29, 1.82) is 0 Å². The van der Waals surface area contributed by atoms with Gasteiger partial charge in [0.2, 0.25) is 0 Å². The predicted octanol–water partition coefficient (Wildman–Crippen LogP) is 8.81. The van der Waals surface area contributed by atoms with E-state index in [9.17, 15) is 4.79 Å². The summed E-state index contributed by atoms with van der Waals surface area (Å²) in [5, 5.41) is 1.42. The summed E-state index contributed by atoms with van der Waals surface area (Å²) >= 11 is 14.1. The van der Waals surface area contributed by atoms with Crippen LogP contribution in [0.25, 0.3) is 21.6 Å². The van der Waals surface area contributed by atoms with Crippen molar-refractivity contribution in [3.63, 3.8) is 0 Å². The molecule has 0 saturated carbocycles. The molecule has 0 aliphatic rings. The van der Waals surface area contributed by atoms with E-state index in [1.54, 1.807) is 0 Å². The van der Waals surface area contributed by atoms with Crippen LogP contribution in [0.4, 0.5) is 0 Å². The Bertz CT molecular complexity index is 992. The first-order chi connectivity index (χ1) is 14.2. The molecule has 0 amide bonds. The fourth-order valence-corrected chi connectivity index (χ4v) is 5.04. The molecule has 0 atom stereocenters. The van der Waals surface area contributed by atoms with E-state index in [1.807, 2.05) is 49.4 Å². The van der Waals surface area contributed by atoms with Crippen molar-refractivity contribution in [1.82, 2.24) is 0 Å². The first-order valence-corrected chi connectivity index (χ1v) is 11.7. The summed E-state index contributed by atoms with van der Waals surface area (Å²) in [5.41, 5.74) is 5.50. The maximum absolute atomic E-state index is 12.6. The molecule has 3 aromatic rings. The van der Waals surface area contributed by atoms with Gasteiger partial charge in [0.25, 0.3) is 0 Å². The lowest BCUT2D eigenvalue weighted by Gasteiger charge is -2.17. The number of ether oxygens (including phenoxy) is 1. The number of rotatable bonds is 6. The molecule has 0 radical (unpaired) electrons. The number of halogens is 2. The van der Waals surface area contributed by atoms with Crippen LogP contribution in [-0.4, -0.2) is 12.6 Å². The highest BCUT2D eigenvalue weighted by molar-refractivity contribution is 7.18. The van der Waals surface area contributed by atoms with Crippen molar-refractivity contribution in [2.45, 2.75) is 46.5 Å². The first kappa shape index (κ1) is 22.9. The highest BCUT2D eigenvalue weighted by Gasteiger charge is 2.23. The van der Waals surface area contributed by atoms with Gasteiger partial charge in [0.1, 0.15) is 4.88 Å². The van der Waals surface area contributed by atoms with Crippen molar-refractivity contribution in [3.05, 3.63) is 68.5 Å². The summed E-state index contributed by atoms with van der Waals surface area (Å²) < 4.78 is 5.29. The molecule has 1 heterocycles. The minimum absolute atomic E-state index is 0.285. The fourth-order valence-electron chi connectivity index (χ4n) is 3.57. The Hall–Kier alpha value is -1.81. The minimum atomic E-state index is -0.296. The molecule has 0 N–H and O–H groups in total. The standard InChI is InChI=1S/C25H26Cl2O2S/c1-6-29-25(28)23-13-22(18-9-7-16(26)11-20(18)14(2)3)24(30-23)19-10-8-17(27)12-21(19)15(4)5/h7-15H,6H2,1-5H3. The molecule has 2 aromatic carbocycles. The van der Waals surface area contributed by atoms with Gasteiger partial charge >= 0.3 is 5.97 Å². The van der Waals surface area contributed by atoms with E-state index in [2.05, 4.69) is 27.7 Å². The number of hydrogen-bond donors (Lipinski definition) is 0. The minimum Gasteiger partial charge on any atom is -0.462 e. The number of carbonyl (C=O) groups excluding carboxylic acids is 1. The second-order valence-corrected chi connectivity index (χ2v) is 9.77. The zero-order valence-corrected chi connectivity index (χ0v) is 20.2. The highest BCUT2D eigenvalue weighted by atomic mass is 35.5. The Labute approximate surface area is 192 Å². The van der Waals surface area contributed by atoms with E-state index in [4.69, 9.17) is 27.9 Å². The van der Waals surface area contributed by atoms with Crippen LogP contribution in [0.3, 0.4) is 0 Å². The van der Waals surface area contributed by atoms with Crippen LogP contribution < -0.4 is 0 Å². The lowest BCUT2D eigenvalue weighted by atomic mass is 9.89.